The van der Waals surface area contributed by atoms with Crippen LogP contribution in [0.25, 0.3) is 0 Å². The number of nitrogens with one attached hydrogen (secondary N) is 1. The van der Waals surface area contributed by atoms with Gasteiger partial charge >= 0.3 is 7.82 Å². The summed E-state index contributed by atoms with van der Waals surface area (Å²) in [5, 5.41) is 32.2. The predicted octanol–water partition coefficient (Wildman–Crippen LogP) is 1.30. The largest absolute Gasteiger partial charge is 0.472 e. The number of carbonyl (C=O) groups excluding carboxylic acids is 1. The van der Waals surface area contributed by atoms with E-state index in [1.165, 1.54) is 18.7 Å². The Morgan fingerprint density at radius 1 is 1.16 bits per heavy atom. The van der Waals surface area contributed by atoms with Crippen molar-refractivity contribution in [2.75, 3.05) is 19.0 Å². The minimum Gasteiger partial charge on any atom is -0.394 e. The van der Waals surface area contributed by atoms with E-state index < -0.39 is 44.2 Å². The Kier molecular flexibility index (Phi) is 11.7. The third kappa shape index (κ3) is 9.27. The summed E-state index contributed by atoms with van der Waals surface area (Å²) in [5.74, 6) is 0.345. The fraction of sp³-hybridized carbons (Fsp3) is 0.947. The van der Waals surface area contributed by atoms with Gasteiger partial charge < -0.3 is 30.3 Å². The van der Waals surface area contributed by atoms with Crippen molar-refractivity contribution in [3.05, 3.63) is 0 Å². The molecule has 6 atom stereocenters. The van der Waals surface area contributed by atoms with Crippen LogP contribution >= 0.6 is 19.6 Å². The van der Waals surface area contributed by atoms with E-state index in [9.17, 15) is 29.6 Å². The first kappa shape index (κ1) is 27.0. The van der Waals surface area contributed by atoms with Crippen molar-refractivity contribution < 1.29 is 43.4 Å². The van der Waals surface area contributed by atoms with Crippen molar-refractivity contribution in [3.63, 3.8) is 0 Å². The molecule has 1 amide bonds. The molecule has 1 aliphatic heterocycles. The molecule has 0 aromatic carbocycles. The molecule has 0 bridgehead atoms. The first-order valence-corrected chi connectivity index (χ1v) is 13.4. The smallest absolute Gasteiger partial charge is 0.394 e. The Morgan fingerprint density at radius 2 is 1.84 bits per heavy atom. The van der Waals surface area contributed by atoms with E-state index in [1.54, 1.807) is 0 Å². The van der Waals surface area contributed by atoms with Crippen LogP contribution in [0, 0.1) is 0 Å². The average molecular weight is 486 g/mol. The van der Waals surface area contributed by atoms with Crippen molar-refractivity contribution in [2.45, 2.75) is 94.2 Å². The molecule has 5 N–H and O–H groups in total. The minimum absolute atomic E-state index is 0.159. The van der Waals surface area contributed by atoms with Crippen LogP contribution < -0.4 is 5.32 Å². The molecule has 10 nitrogen and oxygen atoms in total. The Labute approximate surface area is 187 Å². The predicted molar refractivity (Wildman–Crippen MR) is 115 cm³/mol. The number of phosphoric ester groups is 1. The summed E-state index contributed by atoms with van der Waals surface area (Å²) in [7, 11) is -3.98. The summed E-state index contributed by atoms with van der Waals surface area (Å²) in [5.41, 5.74) is -0.587. The van der Waals surface area contributed by atoms with Gasteiger partial charge in [0.2, 0.25) is 5.91 Å². The zero-order chi connectivity index (χ0) is 22.9. The molecule has 1 saturated carbocycles. The molecule has 0 radical (unpaired) electrons. The number of hydrogen-bond donors (Lipinski definition) is 5. The number of unbranched alkanes of at least 4 members (excludes halogenated alkanes) is 3. The second kappa shape index (κ2) is 13.5. The first-order valence-electron chi connectivity index (χ1n) is 10.9. The van der Waals surface area contributed by atoms with Gasteiger partial charge in [0.05, 0.1) is 25.4 Å². The van der Waals surface area contributed by atoms with Gasteiger partial charge in [-0.3, -0.25) is 13.8 Å². The Bertz CT molecular complexity index is 593. The number of carbonyl (C=O) groups is 1. The van der Waals surface area contributed by atoms with Crippen molar-refractivity contribution in [3.8, 4) is 0 Å². The molecular formula is C19H36NO9PS. The number of aliphatic hydroxyl groups is 3. The standard InChI is InChI=1S/C19H36NO9PS/c1-13(22)20-16-18(24)17(23)15(12-21)28-19(16)31-11-7-3-2-6-10-27-30(25,26)29-14-8-4-5-9-14/h14-19,21,23-24H,2-12H2,1H3,(H,20,22)(H,25,26). The molecule has 2 fully saturated rings. The molecule has 0 spiro atoms. The molecular weight excluding hydrogens is 449 g/mol. The number of ether oxygens (including phenoxy) is 1. The summed E-state index contributed by atoms with van der Waals surface area (Å²) in [4.78, 5) is 21.2. The maximum Gasteiger partial charge on any atom is 0.472 e. The van der Waals surface area contributed by atoms with Crippen LogP contribution in [0.2, 0.25) is 0 Å². The Morgan fingerprint density at radius 3 is 2.48 bits per heavy atom. The quantitative estimate of drug-likeness (QED) is 0.190. The highest BCUT2D eigenvalue weighted by Gasteiger charge is 2.44. The fourth-order valence-electron chi connectivity index (χ4n) is 3.76. The van der Waals surface area contributed by atoms with Crippen LogP contribution in [0.3, 0.4) is 0 Å². The van der Waals surface area contributed by atoms with Crippen molar-refractivity contribution in [1.29, 1.82) is 0 Å². The molecule has 12 heteroatoms. The highest BCUT2D eigenvalue weighted by molar-refractivity contribution is 7.99. The number of aliphatic hydroxyl groups excluding tert-OH is 3. The maximum absolute atomic E-state index is 11.9. The lowest BCUT2D eigenvalue weighted by atomic mass is 9.98. The highest BCUT2D eigenvalue weighted by Crippen LogP contribution is 2.47. The number of thioether (sulfide) groups is 1. The van der Waals surface area contributed by atoms with Crippen molar-refractivity contribution in [1.82, 2.24) is 5.32 Å². The van der Waals surface area contributed by atoms with Gasteiger partial charge in [0.25, 0.3) is 0 Å². The average Bonchev–Trinajstić information content (AvgIpc) is 3.20. The van der Waals surface area contributed by atoms with E-state index in [-0.39, 0.29) is 18.6 Å². The molecule has 1 aliphatic carbocycles. The van der Waals surface area contributed by atoms with Gasteiger partial charge in [-0.15, -0.1) is 11.8 Å². The molecule has 2 aliphatic rings. The van der Waals surface area contributed by atoms with E-state index in [0.29, 0.717) is 12.2 Å². The molecule has 0 aromatic rings. The third-order valence-corrected chi connectivity index (χ3v) is 7.74. The minimum atomic E-state index is -3.98. The normalized spacial score (nSPS) is 31.5. The Hall–Kier alpha value is -0.230. The number of amides is 1. The second-order valence-corrected chi connectivity index (χ2v) is 10.6. The maximum atomic E-state index is 11.9. The fourth-order valence-corrected chi connectivity index (χ4v) is 6.03. The lowest BCUT2D eigenvalue weighted by molar-refractivity contribution is -0.173. The van der Waals surface area contributed by atoms with Crippen LogP contribution in [0.15, 0.2) is 0 Å². The monoisotopic (exact) mass is 485 g/mol. The summed E-state index contributed by atoms with van der Waals surface area (Å²) >= 11 is 1.40. The van der Waals surface area contributed by atoms with Crippen LogP contribution in [-0.2, 0) is 23.1 Å². The van der Waals surface area contributed by atoms with Gasteiger partial charge in [0.1, 0.15) is 23.7 Å². The van der Waals surface area contributed by atoms with Gasteiger partial charge in [-0.05, 0) is 31.4 Å². The lowest BCUT2D eigenvalue weighted by Crippen LogP contribution is -2.63. The SMILES string of the molecule is CC(=O)NC1C(SCCCCCCOP(=O)(O)OC2CCCC2)OC(CO)C(O)C1O. The number of phosphoric acid groups is 1. The van der Waals surface area contributed by atoms with Gasteiger partial charge in [0.15, 0.2) is 0 Å². The van der Waals surface area contributed by atoms with Crippen LogP contribution in [-0.4, -0.2) is 81.0 Å². The van der Waals surface area contributed by atoms with E-state index in [1.807, 2.05) is 0 Å². The topological polar surface area (TPSA) is 155 Å². The third-order valence-electron chi connectivity index (χ3n) is 5.41. The molecule has 0 aromatic heterocycles. The summed E-state index contributed by atoms with van der Waals surface area (Å²) in [6, 6.07) is -0.771. The van der Waals surface area contributed by atoms with Crippen LogP contribution in [0.5, 0.6) is 0 Å². The summed E-state index contributed by atoms with van der Waals surface area (Å²) in [6.45, 7) is 1.05. The lowest BCUT2D eigenvalue weighted by Gasteiger charge is -2.42. The number of hydrogen-bond acceptors (Lipinski definition) is 9. The zero-order valence-corrected chi connectivity index (χ0v) is 19.6. The van der Waals surface area contributed by atoms with Gasteiger partial charge in [-0.25, -0.2) is 4.57 Å². The molecule has 1 saturated heterocycles. The van der Waals surface area contributed by atoms with E-state index in [2.05, 4.69) is 5.32 Å². The van der Waals surface area contributed by atoms with Crippen LogP contribution in [0.1, 0.15) is 58.3 Å². The summed E-state index contributed by atoms with van der Waals surface area (Å²) in [6.07, 6.45) is 3.17. The van der Waals surface area contributed by atoms with E-state index in [0.717, 1.165) is 44.9 Å². The molecule has 1 heterocycles. The molecule has 2 rings (SSSR count). The zero-order valence-electron chi connectivity index (χ0n) is 17.9. The summed E-state index contributed by atoms with van der Waals surface area (Å²) < 4.78 is 27.8. The van der Waals surface area contributed by atoms with Gasteiger partial charge in [-0.2, -0.15) is 0 Å². The van der Waals surface area contributed by atoms with Crippen molar-refractivity contribution in [2.24, 2.45) is 0 Å². The molecule has 31 heavy (non-hydrogen) atoms. The van der Waals surface area contributed by atoms with Crippen LogP contribution in [0.4, 0.5) is 0 Å². The van der Waals surface area contributed by atoms with E-state index >= 15 is 0 Å². The van der Waals surface area contributed by atoms with Gasteiger partial charge in [-0.1, -0.05) is 25.7 Å². The van der Waals surface area contributed by atoms with Gasteiger partial charge in [0, 0.05) is 6.92 Å². The second-order valence-electron chi connectivity index (χ2n) is 8.03. The first-order chi connectivity index (χ1) is 14.7. The molecule has 6 unspecified atom stereocenters. The van der Waals surface area contributed by atoms with Crippen molar-refractivity contribution >= 4 is 25.5 Å². The Balaban J connectivity index is 1.61. The highest BCUT2D eigenvalue weighted by atomic mass is 32.2. The van der Waals surface area contributed by atoms with E-state index in [4.69, 9.17) is 13.8 Å². The number of rotatable bonds is 13. The molecule has 182 valence electrons.